The summed E-state index contributed by atoms with van der Waals surface area (Å²) in [4.78, 5) is 5.06. The van der Waals surface area contributed by atoms with E-state index in [9.17, 15) is 0 Å². The van der Waals surface area contributed by atoms with Gasteiger partial charge >= 0.3 is 0 Å². The van der Waals surface area contributed by atoms with Crippen molar-refractivity contribution in [1.29, 1.82) is 0 Å². The molecular weight excluding hydrogens is 244 g/mol. The third kappa shape index (κ3) is 7.08. The molecule has 2 nitrogen and oxygen atoms in total. The molecule has 0 fully saturated rings. The molecule has 0 radical (unpaired) electrons. The van der Waals surface area contributed by atoms with Crippen LogP contribution in [0, 0.1) is 5.92 Å². The van der Waals surface area contributed by atoms with E-state index >= 15 is 0 Å². The van der Waals surface area contributed by atoms with Gasteiger partial charge in [0.1, 0.15) is 0 Å². The highest BCUT2D eigenvalue weighted by Crippen LogP contribution is 2.23. The minimum Gasteiger partial charge on any atom is -0.306 e. The maximum Gasteiger partial charge on any atom is 0.0150 e. The van der Waals surface area contributed by atoms with Crippen molar-refractivity contribution in [3.05, 3.63) is 0 Å². The molecular formula is C18H40N2. The lowest BCUT2D eigenvalue weighted by molar-refractivity contribution is 0.0952. The highest BCUT2D eigenvalue weighted by Gasteiger charge is 2.25. The molecule has 0 aliphatic carbocycles. The lowest BCUT2D eigenvalue weighted by Crippen LogP contribution is -2.46. The van der Waals surface area contributed by atoms with Crippen LogP contribution in [-0.2, 0) is 0 Å². The summed E-state index contributed by atoms with van der Waals surface area (Å²) in [5.74, 6) is 0.854. The van der Waals surface area contributed by atoms with Crippen LogP contribution < -0.4 is 0 Å². The SMILES string of the molecule is CCCN(C)CC(CC)CCC(C)N(C)C(C)(C)CC. The first kappa shape index (κ1) is 19.9. The fourth-order valence-corrected chi connectivity index (χ4v) is 2.85. The Labute approximate surface area is 128 Å². The van der Waals surface area contributed by atoms with Gasteiger partial charge in [0.15, 0.2) is 0 Å². The number of nitrogens with zero attached hydrogens (tertiary/aromatic N) is 2. The Morgan fingerprint density at radius 2 is 1.60 bits per heavy atom. The van der Waals surface area contributed by atoms with Gasteiger partial charge in [-0.05, 0) is 73.0 Å². The highest BCUT2D eigenvalue weighted by molar-refractivity contribution is 4.81. The molecule has 0 aromatic rings. The van der Waals surface area contributed by atoms with Crippen LogP contribution in [0.2, 0.25) is 0 Å². The van der Waals surface area contributed by atoms with Crippen LogP contribution in [0.4, 0.5) is 0 Å². The van der Waals surface area contributed by atoms with Gasteiger partial charge < -0.3 is 4.90 Å². The van der Waals surface area contributed by atoms with E-state index in [1.165, 1.54) is 45.2 Å². The molecule has 0 aliphatic heterocycles. The summed E-state index contributed by atoms with van der Waals surface area (Å²) < 4.78 is 0. The van der Waals surface area contributed by atoms with Crippen LogP contribution in [-0.4, -0.2) is 48.6 Å². The van der Waals surface area contributed by atoms with E-state index in [4.69, 9.17) is 0 Å². The predicted octanol–water partition coefficient (Wildman–Crippen LogP) is 4.64. The van der Waals surface area contributed by atoms with Crippen molar-refractivity contribution in [3.63, 3.8) is 0 Å². The zero-order valence-corrected chi connectivity index (χ0v) is 15.5. The van der Waals surface area contributed by atoms with Crippen molar-refractivity contribution >= 4 is 0 Å². The van der Waals surface area contributed by atoms with Gasteiger partial charge in [0.25, 0.3) is 0 Å². The van der Waals surface area contributed by atoms with E-state index in [1.54, 1.807) is 0 Å². The summed E-state index contributed by atoms with van der Waals surface area (Å²) in [6.07, 6.45) is 6.46. The third-order valence-electron chi connectivity index (χ3n) is 5.23. The van der Waals surface area contributed by atoms with Gasteiger partial charge in [-0.2, -0.15) is 0 Å². The largest absolute Gasteiger partial charge is 0.306 e. The maximum absolute atomic E-state index is 2.56. The minimum atomic E-state index is 0.320. The van der Waals surface area contributed by atoms with Gasteiger partial charge in [-0.25, -0.2) is 0 Å². The molecule has 0 N–H and O–H groups in total. The predicted molar refractivity (Wildman–Crippen MR) is 92.4 cm³/mol. The summed E-state index contributed by atoms with van der Waals surface area (Å²) in [6.45, 7) is 16.5. The van der Waals surface area contributed by atoms with E-state index < -0.39 is 0 Å². The lowest BCUT2D eigenvalue weighted by atomic mass is 9.93. The van der Waals surface area contributed by atoms with Crippen LogP contribution in [0.25, 0.3) is 0 Å². The van der Waals surface area contributed by atoms with Crippen molar-refractivity contribution in [2.24, 2.45) is 5.92 Å². The second kappa shape index (κ2) is 9.78. The number of hydrogen-bond acceptors (Lipinski definition) is 2. The smallest absolute Gasteiger partial charge is 0.0150 e. The van der Waals surface area contributed by atoms with Crippen molar-refractivity contribution in [2.75, 3.05) is 27.2 Å². The molecule has 2 atom stereocenters. The molecule has 20 heavy (non-hydrogen) atoms. The maximum atomic E-state index is 2.56. The standard InChI is InChI=1S/C18H40N2/c1-9-14-19(7)15-17(10-2)13-12-16(4)20(8)18(5,6)11-3/h16-17H,9-15H2,1-8H3. The van der Waals surface area contributed by atoms with Crippen molar-refractivity contribution < 1.29 is 0 Å². The van der Waals surface area contributed by atoms with Gasteiger partial charge in [-0.3, -0.25) is 4.90 Å². The van der Waals surface area contributed by atoms with Gasteiger partial charge in [0, 0.05) is 18.1 Å². The fraction of sp³-hybridized carbons (Fsp3) is 1.00. The molecule has 0 saturated carbocycles. The molecule has 2 unspecified atom stereocenters. The van der Waals surface area contributed by atoms with Crippen LogP contribution in [0.1, 0.15) is 73.6 Å². The Hall–Kier alpha value is -0.0800. The Bertz CT molecular complexity index is 238. The summed E-state index contributed by atoms with van der Waals surface area (Å²) >= 11 is 0. The summed E-state index contributed by atoms with van der Waals surface area (Å²) in [6, 6.07) is 0.676. The molecule has 0 amide bonds. The van der Waals surface area contributed by atoms with Crippen LogP contribution >= 0.6 is 0 Å². The van der Waals surface area contributed by atoms with Crippen LogP contribution in [0.3, 0.4) is 0 Å². The minimum absolute atomic E-state index is 0.320. The molecule has 122 valence electrons. The molecule has 0 aromatic carbocycles. The molecule has 0 spiro atoms. The van der Waals surface area contributed by atoms with Crippen LogP contribution in [0.15, 0.2) is 0 Å². The van der Waals surface area contributed by atoms with Crippen molar-refractivity contribution in [3.8, 4) is 0 Å². The van der Waals surface area contributed by atoms with E-state index in [0.717, 1.165) is 5.92 Å². The molecule has 0 heterocycles. The number of hydrogen-bond donors (Lipinski definition) is 0. The molecule has 0 aliphatic rings. The topological polar surface area (TPSA) is 6.48 Å². The van der Waals surface area contributed by atoms with Gasteiger partial charge in [0.05, 0.1) is 0 Å². The van der Waals surface area contributed by atoms with E-state index in [1.807, 2.05) is 0 Å². The normalized spacial score (nSPS) is 15.9. The zero-order chi connectivity index (χ0) is 15.8. The first-order valence-electron chi connectivity index (χ1n) is 8.69. The summed E-state index contributed by atoms with van der Waals surface area (Å²) in [5, 5.41) is 0. The monoisotopic (exact) mass is 284 g/mol. The fourth-order valence-electron chi connectivity index (χ4n) is 2.85. The summed E-state index contributed by atoms with van der Waals surface area (Å²) in [5.41, 5.74) is 0.320. The van der Waals surface area contributed by atoms with Crippen molar-refractivity contribution in [1.82, 2.24) is 9.80 Å². The van der Waals surface area contributed by atoms with Crippen LogP contribution in [0.5, 0.6) is 0 Å². The molecule has 0 aromatic heterocycles. The summed E-state index contributed by atoms with van der Waals surface area (Å²) in [7, 11) is 4.56. The van der Waals surface area contributed by atoms with Gasteiger partial charge in [-0.15, -0.1) is 0 Å². The highest BCUT2D eigenvalue weighted by atomic mass is 15.2. The number of rotatable bonds is 11. The van der Waals surface area contributed by atoms with Gasteiger partial charge in [0.2, 0.25) is 0 Å². The second-order valence-electron chi connectivity index (χ2n) is 7.24. The van der Waals surface area contributed by atoms with E-state index in [0.29, 0.717) is 11.6 Å². The first-order valence-corrected chi connectivity index (χ1v) is 8.69. The molecule has 0 bridgehead atoms. The quantitative estimate of drug-likeness (QED) is 0.545. The Balaban J connectivity index is 4.22. The van der Waals surface area contributed by atoms with Crippen molar-refractivity contribution in [2.45, 2.75) is 85.2 Å². The molecule has 0 rings (SSSR count). The third-order valence-corrected chi connectivity index (χ3v) is 5.23. The average molecular weight is 285 g/mol. The van der Waals surface area contributed by atoms with Gasteiger partial charge in [-0.1, -0.05) is 27.2 Å². The first-order chi connectivity index (χ1) is 9.28. The Morgan fingerprint density at radius 3 is 2.05 bits per heavy atom. The van der Waals surface area contributed by atoms with E-state index in [-0.39, 0.29) is 0 Å². The van der Waals surface area contributed by atoms with E-state index in [2.05, 4.69) is 65.4 Å². The second-order valence-corrected chi connectivity index (χ2v) is 7.24. The zero-order valence-electron chi connectivity index (χ0n) is 15.5. The Morgan fingerprint density at radius 1 is 1.00 bits per heavy atom. The molecule has 0 saturated heterocycles. The molecule has 2 heteroatoms. The average Bonchev–Trinajstić information content (AvgIpc) is 2.42. The Kier molecular flexibility index (Phi) is 9.74. The lowest BCUT2D eigenvalue weighted by Gasteiger charge is -2.40.